The van der Waals surface area contributed by atoms with Crippen LogP contribution in [0.3, 0.4) is 0 Å². The zero-order valence-corrected chi connectivity index (χ0v) is 12.7. The van der Waals surface area contributed by atoms with E-state index in [2.05, 4.69) is 41.9 Å². The van der Waals surface area contributed by atoms with Gasteiger partial charge in [-0.1, -0.05) is 19.1 Å². The van der Waals surface area contributed by atoms with Gasteiger partial charge in [0.1, 0.15) is 5.82 Å². The topological polar surface area (TPSA) is 39.1 Å². The van der Waals surface area contributed by atoms with Gasteiger partial charge in [-0.2, -0.15) is 0 Å². The fourth-order valence-corrected chi connectivity index (χ4v) is 2.52. The van der Waals surface area contributed by atoms with Crippen molar-refractivity contribution >= 4 is 11.0 Å². The highest BCUT2D eigenvalue weighted by molar-refractivity contribution is 5.75. The van der Waals surface area contributed by atoms with Crippen molar-refractivity contribution in [3.05, 3.63) is 30.1 Å². The quantitative estimate of drug-likeness (QED) is 0.805. The Hall–Kier alpha value is -1.39. The number of fused-ring (bicyclic) bond motifs is 1. The summed E-state index contributed by atoms with van der Waals surface area (Å²) < 4.78 is 7.48. The molecule has 1 aromatic carbocycles. The highest BCUT2D eigenvalue weighted by atomic mass is 16.5. The van der Waals surface area contributed by atoms with Crippen LogP contribution < -0.4 is 5.32 Å². The summed E-state index contributed by atoms with van der Waals surface area (Å²) in [5, 5.41) is 3.48. The molecule has 20 heavy (non-hydrogen) atoms. The standard InChI is InChI=1S/C16H25N3O/c1-4-7-16-18-14-8-5-6-9-15(14)19(16)11-10-17-13(2)12-20-3/h5-6,8-9,13,17H,4,7,10-12H2,1-3H3. The van der Waals surface area contributed by atoms with Gasteiger partial charge >= 0.3 is 0 Å². The van der Waals surface area contributed by atoms with E-state index in [1.807, 2.05) is 6.07 Å². The molecule has 4 nitrogen and oxygen atoms in total. The van der Waals surface area contributed by atoms with Crippen molar-refractivity contribution in [2.45, 2.75) is 39.3 Å². The molecule has 0 fully saturated rings. The fraction of sp³-hybridized carbons (Fsp3) is 0.562. The molecule has 0 spiro atoms. The Morgan fingerprint density at radius 1 is 1.35 bits per heavy atom. The Kier molecular flexibility index (Phi) is 5.56. The lowest BCUT2D eigenvalue weighted by Gasteiger charge is -2.14. The van der Waals surface area contributed by atoms with Gasteiger partial charge in [-0.05, 0) is 25.5 Å². The first-order chi connectivity index (χ1) is 9.76. The minimum atomic E-state index is 0.379. The molecule has 2 rings (SSSR count). The van der Waals surface area contributed by atoms with E-state index in [1.54, 1.807) is 7.11 Å². The van der Waals surface area contributed by atoms with Crippen molar-refractivity contribution < 1.29 is 4.74 Å². The van der Waals surface area contributed by atoms with Gasteiger partial charge in [0.15, 0.2) is 0 Å². The predicted molar refractivity (Wildman–Crippen MR) is 83.1 cm³/mol. The number of ether oxygens (including phenoxy) is 1. The number of nitrogens with one attached hydrogen (secondary N) is 1. The summed E-state index contributed by atoms with van der Waals surface area (Å²) >= 11 is 0. The van der Waals surface area contributed by atoms with Gasteiger partial charge in [-0.25, -0.2) is 4.98 Å². The average molecular weight is 275 g/mol. The largest absolute Gasteiger partial charge is 0.383 e. The van der Waals surface area contributed by atoms with Gasteiger partial charge in [-0.3, -0.25) is 0 Å². The Morgan fingerprint density at radius 2 is 2.15 bits per heavy atom. The third kappa shape index (κ3) is 3.58. The molecule has 1 unspecified atom stereocenters. The molecule has 1 N–H and O–H groups in total. The van der Waals surface area contributed by atoms with Crippen LogP contribution in [0.4, 0.5) is 0 Å². The predicted octanol–water partition coefficient (Wildman–Crippen LogP) is 2.61. The number of hydrogen-bond donors (Lipinski definition) is 1. The summed E-state index contributed by atoms with van der Waals surface area (Å²) in [7, 11) is 1.74. The number of hydrogen-bond acceptors (Lipinski definition) is 3. The maximum absolute atomic E-state index is 5.14. The van der Waals surface area contributed by atoms with E-state index in [9.17, 15) is 0 Å². The summed E-state index contributed by atoms with van der Waals surface area (Å²) in [5.41, 5.74) is 2.33. The van der Waals surface area contributed by atoms with E-state index in [-0.39, 0.29) is 0 Å². The number of nitrogens with zero attached hydrogens (tertiary/aromatic N) is 2. The molecule has 0 bridgehead atoms. The summed E-state index contributed by atoms with van der Waals surface area (Å²) in [6, 6.07) is 8.75. The van der Waals surface area contributed by atoms with Crippen molar-refractivity contribution in [1.82, 2.24) is 14.9 Å². The van der Waals surface area contributed by atoms with Crippen LogP contribution >= 0.6 is 0 Å². The molecule has 4 heteroatoms. The number of aryl methyl sites for hydroxylation is 1. The van der Waals surface area contributed by atoms with Gasteiger partial charge in [0.2, 0.25) is 0 Å². The van der Waals surface area contributed by atoms with Gasteiger partial charge in [-0.15, -0.1) is 0 Å². The second kappa shape index (κ2) is 7.41. The molecule has 1 heterocycles. The molecule has 0 amide bonds. The van der Waals surface area contributed by atoms with Crippen LogP contribution in [0.25, 0.3) is 11.0 Å². The Balaban J connectivity index is 2.09. The van der Waals surface area contributed by atoms with E-state index in [1.165, 1.54) is 11.3 Å². The number of rotatable bonds is 8. The first-order valence-electron chi connectivity index (χ1n) is 7.42. The van der Waals surface area contributed by atoms with E-state index >= 15 is 0 Å². The van der Waals surface area contributed by atoms with E-state index < -0.39 is 0 Å². The SMILES string of the molecule is CCCc1nc2ccccc2n1CCNC(C)COC. The third-order valence-corrected chi connectivity index (χ3v) is 3.45. The number of benzene rings is 1. The Labute approximate surface area is 121 Å². The maximum Gasteiger partial charge on any atom is 0.109 e. The lowest BCUT2D eigenvalue weighted by Crippen LogP contribution is -2.33. The van der Waals surface area contributed by atoms with E-state index in [0.29, 0.717) is 6.04 Å². The number of para-hydroxylation sites is 2. The summed E-state index contributed by atoms with van der Waals surface area (Å²) in [6.45, 7) is 6.96. The van der Waals surface area contributed by atoms with Crippen LogP contribution in [0.15, 0.2) is 24.3 Å². The van der Waals surface area contributed by atoms with Gasteiger partial charge < -0.3 is 14.6 Å². The molecular formula is C16H25N3O. The average Bonchev–Trinajstić information content (AvgIpc) is 2.78. The fourth-order valence-electron chi connectivity index (χ4n) is 2.52. The summed E-state index contributed by atoms with van der Waals surface area (Å²) in [4.78, 5) is 4.75. The normalized spacial score (nSPS) is 12.9. The smallest absolute Gasteiger partial charge is 0.109 e. The van der Waals surface area contributed by atoms with Gasteiger partial charge in [0.05, 0.1) is 17.6 Å². The number of methoxy groups -OCH3 is 1. The van der Waals surface area contributed by atoms with Crippen molar-refractivity contribution in [3.63, 3.8) is 0 Å². The highest BCUT2D eigenvalue weighted by Crippen LogP contribution is 2.16. The summed E-state index contributed by atoms with van der Waals surface area (Å²) in [6.07, 6.45) is 2.15. The molecule has 0 aliphatic rings. The van der Waals surface area contributed by atoms with Gasteiger partial charge in [0.25, 0.3) is 0 Å². The van der Waals surface area contributed by atoms with Crippen molar-refractivity contribution in [3.8, 4) is 0 Å². The molecule has 0 aliphatic heterocycles. The lowest BCUT2D eigenvalue weighted by molar-refractivity contribution is 0.172. The molecule has 1 aromatic heterocycles. The van der Waals surface area contributed by atoms with Crippen LogP contribution in [0, 0.1) is 0 Å². The first kappa shape index (κ1) is 15.0. The van der Waals surface area contributed by atoms with Crippen molar-refractivity contribution in [2.75, 3.05) is 20.3 Å². The molecule has 0 radical (unpaired) electrons. The lowest BCUT2D eigenvalue weighted by atomic mass is 10.3. The number of aromatic nitrogens is 2. The molecule has 0 saturated carbocycles. The minimum absolute atomic E-state index is 0.379. The third-order valence-electron chi connectivity index (χ3n) is 3.45. The highest BCUT2D eigenvalue weighted by Gasteiger charge is 2.09. The second-order valence-corrected chi connectivity index (χ2v) is 5.23. The maximum atomic E-state index is 5.14. The van der Waals surface area contributed by atoms with Crippen molar-refractivity contribution in [1.29, 1.82) is 0 Å². The molecule has 2 aromatic rings. The molecule has 110 valence electrons. The zero-order valence-electron chi connectivity index (χ0n) is 12.7. The van der Waals surface area contributed by atoms with Crippen LogP contribution in [0.1, 0.15) is 26.1 Å². The molecule has 0 saturated heterocycles. The minimum Gasteiger partial charge on any atom is -0.383 e. The Bertz CT molecular complexity index is 536. The van der Waals surface area contributed by atoms with Crippen LogP contribution in [-0.2, 0) is 17.7 Å². The first-order valence-corrected chi connectivity index (χ1v) is 7.42. The van der Waals surface area contributed by atoms with E-state index in [4.69, 9.17) is 9.72 Å². The second-order valence-electron chi connectivity index (χ2n) is 5.23. The van der Waals surface area contributed by atoms with Crippen molar-refractivity contribution in [2.24, 2.45) is 0 Å². The van der Waals surface area contributed by atoms with E-state index in [0.717, 1.165) is 38.1 Å². The number of imidazole rings is 1. The monoisotopic (exact) mass is 275 g/mol. The van der Waals surface area contributed by atoms with Gasteiger partial charge in [0, 0.05) is 32.7 Å². The van der Waals surface area contributed by atoms with Crippen LogP contribution in [-0.4, -0.2) is 35.9 Å². The molecule has 1 atom stereocenters. The zero-order chi connectivity index (χ0) is 14.4. The van der Waals surface area contributed by atoms with Crippen LogP contribution in [0.2, 0.25) is 0 Å². The van der Waals surface area contributed by atoms with Crippen LogP contribution in [0.5, 0.6) is 0 Å². The Morgan fingerprint density at radius 3 is 2.90 bits per heavy atom. The summed E-state index contributed by atoms with van der Waals surface area (Å²) in [5.74, 6) is 1.19. The molecule has 0 aliphatic carbocycles. The molecular weight excluding hydrogens is 250 g/mol.